The molecule has 0 fully saturated rings. The van der Waals surface area contributed by atoms with Crippen LogP contribution in [0.3, 0.4) is 0 Å². The molecule has 0 aliphatic carbocycles. The normalized spacial score (nSPS) is 14.1. The zero-order chi connectivity index (χ0) is 13.1. The largest absolute Gasteiger partial charge is 0.352 e. The van der Waals surface area contributed by atoms with Crippen LogP contribution in [0.25, 0.3) is 0 Å². The topological polar surface area (TPSA) is 58.2 Å². The molecule has 0 radical (unpaired) electrons. The highest BCUT2D eigenvalue weighted by atomic mass is 16.2. The van der Waals surface area contributed by atoms with Crippen molar-refractivity contribution in [3.63, 3.8) is 0 Å². The first-order valence-electron chi connectivity index (χ1n) is 6.27. The van der Waals surface area contributed by atoms with Crippen molar-refractivity contribution in [2.45, 2.75) is 26.7 Å². The summed E-state index contributed by atoms with van der Waals surface area (Å²) in [5, 5.41) is 5.69. The van der Waals surface area contributed by atoms with Crippen molar-refractivity contribution in [1.82, 2.24) is 5.32 Å². The molecule has 96 valence electrons. The van der Waals surface area contributed by atoms with Crippen LogP contribution >= 0.6 is 0 Å². The molecule has 1 aromatic rings. The number of anilines is 1. The van der Waals surface area contributed by atoms with Crippen LogP contribution in [0, 0.1) is 5.92 Å². The third kappa shape index (κ3) is 2.88. The van der Waals surface area contributed by atoms with E-state index < -0.39 is 0 Å². The van der Waals surface area contributed by atoms with Crippen molar-refractivity contribution in [2.75, 3.05) is 11.9 Å². The van der Waals surface area contributed by atoms with E-state index in [1.807, 2.05) is 6.07 Å². The van der Waals surface area contributed by atoms with Gasteiger partial charge in [0.15, 0.2) is 0 Å². The van der Waals surface area contributed by atoms with Crippen molar-refractivity contribution in [2.24, 2.45) is 5.92 Å². The van der Waals surface area contributed by atoms with Gasteiger partial charge < -0.3 is 10.6 Å². The molecule has 0 aromatic heterocycles. The first kappa shape index (κ1) is 12.6. The molecule has 0 spiro atoms. The zero-order valence-corrected chi connectivity index (χ0v) is 10.7. The fraction of sp³-hybridized carbons (Fsp3) is 0.429. The van der Waals surface area contributed by atoms with Crippen LogP contribution in [0.15, 0.2) is 18.2 Å². The van der Waals surface area contributed by atoms with E-state index in [-0.39, 0.29) is 11.8 Å². The average molecular weight is 246 g/mol. The number of rotatable bonds is 3. The Morgan fingerprint density at radius 2 is 2.17 bits per heavy atom. The summed E-state index contributed by atoms with van der Waals surface area (Å²) in [4.78, 5) is 23.1. The first-order valence-corrected chi connectivity index (χ1v) is 6.27. The maximum Gasteiger partial charge on any atom is 0.251 e. The molecule has 0 atom stereocenters. The van der Waals surface area contributed by atoms with Crippen LogP contribution in [0.5, 0.6) is 0 Å². The van der Waals surface area contributed by atoms with Crippen LogP contribution < -0.4 is 10.6 Å². The number of hydrogen-bond donors (Lipinski definition) is 2. The minimum absolute atomic E-state index is 0.0412. The second kappa shape index (κ2) is 5.21. The fourth-order valence-corrected chi connectivity index (χ4v) is 1.92. The maximum absolute atomic E-state index is 11.9. The second-order valence-electron chi connectivity index (χ2n) is 5.02. The SMILES string of the molecule is CC(C)CNC(=O)c1ccc2c(c1)CCC(=O)N2. The molecular formula is C14H18N2O2. The van der Waals surface area contributed by atoms with E-state index in [1.165, 1.54) is 0 Å². The third-order valence-corrected chi connectivity index (χ3v) is 2.93. The van der Waals surface area contributed by atoms with E-state index in [0.29, 0.717) is 30.9 Å². The molecule has 0 saturated carbocycles. The van der Waals surface area contributed by atoms with Crippen molar-refractivity contribution < 1.29 is 9.59 Å². The predicted octanol–water partition coefficient (Wildman–Crippen LogP) is 1.96. The lowest BCUT2D eigenvalue weighted by molar-refractivity contribution is -0.116. The van der Waals surface area contributed by atoms with E-state index in [4.69, 9.17) is 0 Å². The van der Waals surface area contributed by atoms with Gasteiger partial charge in [0.25, 0.3) is 5.91 Å². The van der Waals surface area contributed by atoms with Gasteiger partial charge in [-0.15, -0.1) is 0 Å². The summed E-state index contributed by atoms with van der Waals surface area (Å²) in [7, 11) is 0. The minimum Gasteiger partial charge on any atom is -0.352 e. The van der Waals surface area contributed by atoms with Gasteiger partial charge >= 0.3 is 0 Å². The number of hydrogen-bond acceptors (Lipinski definition) is 2. The lowest BCUT2D eigenvalue weighted by Gasteiger charge is -2.17. The van der Waals surface area contributed by atoms with Crippen LogP contribution in [0.1, 0.15) is 36.2 Å². The molecule has 4 nitrogen and oxygen atoms in total. The molecule has 0 bridgehead atoms. The number of amides is 2. The Morgan fingerprint density at radius 1 is 1.39 bits per heavy atom. The van der Waals surface area contributed by atoms with E-state index in [0.717, 1.165) is 11.3 Å². The van der Waals surface area contributed by atoms with Gasteiger partial charge in [0.05, 0.1) is 0 Å². The van der Waals surface area contributed by atoms with E-state index in [9.17, 15) is 9.59 Å². The minimum atomic E-state index is -0.0524. The van der Waals surface area contributed by atoms with E-state index >= 15 is 0 Å². The Bertz CT molecular complexity index is 481. The lowest BCUT2D eigenvalue weighted by Crippen LogP contribution is -2.27. The molecule has 18 heavy (non-hydrogen) atoms. The van der Waals surface area contributed by atoms with E-state index in [2.05, 4.69) is 24.5 Å². The standard InChI is InChI=1S/C14H18N2O2/c1-9(2)8-15-14(18)11-3-5-12-10(7-11)4-6-13(17)16-12/h3,5,7,9H,4,6,8H2,1-2H3,(H,15,18)(H,16,17). The highest BCUT2D eigenvalue weighted by Gasteiger charge is 2.16. The molecule has 1 heterocycles. The Labute approximate surface area is 107 Å². The summed E-state index contributed by atoms with van der Waals surface area (Å²) in [6, 6.07) is 5.42. The summed E-state index contributed by atoms with van der Waals surface area (Å²) in [5.41, 5.74) is 2.52. The van der Waals surface area contributed by atoms with Crippen molar-refractivity contribution in [1.29, 1.82) is 0 Å². The van der Waals surface area contributed by atoms with Gasteiger partial charge in [-0.2, -0.15) is 0 Å². The van der Waals surface area contributed by atoms with Gasteiger partial charge in [-0.3, -0.25) is 9.59 Å². The van der Waals surface area contributed by atoms with Gasteiger partial charge in [-0.05, 0) is 36.1 Å². The monoisotopic (exact) mass is 246 g/mol. The second-order valence-corrected chi connectivity index (χ2v) is 5.02. The number of carbonyl (C=O) groups is 2. The van der Waals surface area contributed by atoms with Crippen LogP contribution in [-0.4, -0.2) is 18.4 Å². The molecule has 2 rings (SSSR count). The van der Waals surface area contributed by atoms with Gasteiger partial charge in [-0.1, -0.05) is 13.8 Å². The molecule has 1 aromatic carbocycles. The number of benzene rings is 1. The molecule has 2 amide bonds. The number of nitrogens with one attached hydrogen (secondary N) is 2. The highest BCUT2D eigenvalue weighted by molar-refractivity contribution is 5.97. The molecule has 2 N–H and O–H groups in total. The van der Waals surface area contributed by atoms with Crippen LogP contribution in [0.4, 0.5) is 5.69 Å². The Hall–Kier alpha value is -1.84. The highest BCUT2D eigenvalue weighted by Crippen LogP contribution is 2.23. The predicted molar refractivity (Wildman–Crippen MR) is 70.6 cm³/mol. The third-order valence-electron chi connectivity index (χ3n) is 2.93. The van der Waals surface area contributed by atoms with Gasteiger partial charge in [0.2, 0.25) is 5.91 Å². The van der Waals surface area contributed by atoms with Gasteiger partial charge in [0.1, 0.15) is 0 Å². The van der Waals surface area contributed by atoms with E-state index in [1.54, 1.807) is 12.1 Å². The summed E-state index contributed by atoms with van der Waals surface area (Å²) >= 11 is 0. The zero-order valence-electron chi connectivity index (χ0n) is 10.7. The maximum atomic E-state index is 11.9. The van der Waals surface area contributed by atoms with Crippen molar-refractivity contribution in [3.8, 4) is 0 Å². The number of fused-ring (bicyclic) bond motifs is 1. The molecular weight excluding hydrogens is 228 g/mol. The Balaban J connectivity index is 2.11. The number of aryl methyl sites for hydroxylation is 1. The lowest BCUT2D eigenvalue weighted by atomic mass is 10.00. The molecule has 0 unspecified atom stereocenters. The molecule has 0 saturated heterocycles. The van der Waals surface area contributed by atoms with Crippen molar-refractivity contribution >= 4 is 17.5 Å². The summed E-state index contributed by atoms with van der Waals surface area (Å²) in [6.45, 7) is 4.79. The van der Waals surface area contributed by atoms with Crippen molar-refractivity contribution in [3.05, 3.63) is 29.3 Å². The average Bonchev–Trinajstić information content (AvgIpc) is 2.35. The van der Waals surface area contributed by atoms with Crippen LogP contribution in [-0.2, 0) is 11.2 Å². The Kier molecular flexibility index (Phi) is 3.65. The van der Waals surface area contributed by atoms with Crippen LogP contribution in [0.2, 0.25) is 0 Å². The quantitative estimate of drug-likeness (QED) is 0.856. The van der Waals surface area contributed by atoms with Gasteiger partial charge in [-0.25, -0.2) is 0 Å². The number of carbonyl (C=O) groups excluding carboxylic acids is 2. The molecule has 1 aliphatic rings. The van der Waals surface area contributed by atoms with Gasteiger partial charge in [0, 0.05) is 24.2 Å². The molecule has 4 heteroatoms. The fourth-order valence-electron chi connectivity index (χ4n) is 1.92. The Morgan fingerprint density at radius 3 is 2.89 bits per heavy atom. The molecule has 1 aliphatic heterocycles. The first-order chi connectivity index (χ1) is 8.56. The summed E-state index contributed by atoms with van der Waals surface area (Å²) in [6.07, 6.45) is 1.19. The summed E-state index contributed by atoms with van der Waals surface area (Å²) < 4.78 is 0. The smallest absolute Gasteiger partial charge is 0.251 e. The summed E-state index contributed by atoms with van der Waals surface area (Å²) in [5.74, 6) is 0.425.